The van der Waals surface area contributed by atoms with Gasteiger partial charge in [-0.25, -0.2) is 10.2 Å². The average Bonchev–Trinajstić information content (AvgIpc) is 2.84. The van der Waals surface area contributed by atoms with Gasteiger partial charge < -0.3 is 10.1 Å². The average molecular weight is 565 g/mol. The third kappa shape index (κ3) is 11.5. The topological polar surface area (TPSA) is 96.9 Å². The fraction of sp³-hybridized carbons (Fsp3) is 0.385. The number of nitrogens with one attached hydrogen (secondary N) is 2. The minimum atomic E-state index is -0.550. The van der Waals surface area contributed by atoms with Crippen LogP contribution in [-0.2, 0) is 9.59 Å². The van der Waals surface area contributed by atoms with E-state index in [1.165, 1.54) is 31.9 Å². The molecule has 188 valence electrons. The van der Waals surface area contributed by atoms with E-state index in [4.69, 9.17) is 16.3 Å². The predicted molar refractivity (Wildman–Crippen MR) is 142 cm³/mol. The largest absolute Gasteiger partial charge is 0.422 e. The first-order valence-electron chi connectivity index (χ1n) is 11.7. The second-order valence-electron chi connectivity index (χ2n) is 8.02. The Morgan fingerprint density at radius 3 is 2.37 bits per heavy atom. The predicted octanol–water partition coefficient (Wildman–Crippen LogP) is 6.03. The molecule has 0 unspecified atom stereocenters. The monoisotopic (exact) mass is 563 g/mol. The van der Waals surface area contributed by atoms with Crippen LogP contribution in [-0.4, -0.2) is 30.5 Å². The highest BCUT2D eigenvalue weighted by molar-refractivity contribution is 9.10. The summed E-state index contributed by atoms with van der Waals surface area (Å²) in [6.07, 6.45) is 9.67. The second-order valence-corrected chi connectivity index (χ2v) is 9.37. The summed E-state index contributed by atoms with van der Waals surface area (Å²) >= 11 is 9.22. The van der Waals surface area contributed by atoms with Gasteiger partial charge >= 0.3 is 5.97 Å². The van der Waals surface area contributed by atoms with Crippen molar-refractivity contribution >= 4 is 51.5 Å². The van der Waals surface area contributed by atoms with E-state index >= 15 is 0 Å². The highest BCUT2D eigenvalue weighted by Gasteiger charge is 2.12. The van der Waals surface area contributed by atoms with E-state index in [2.05, 4.69) is 38.7 Å². The van der Waals surface area contributed by atoms with Gasteiger partial charge in [-0.05, 0) is 48.9 Å². The van der Waals surface area contributed by atoms with Crippen LogP contribution in [0.4, 0.5) is 0 Å². The number of amides is 2. The van der Waals surface area contributed by atoms with E-state index in [1.807, 2.05) is 0 Å². The molecule has 9 heteroatoms. The van der Waals surface area contributed by atoms with E-state index in [0.29, 0.717) is 22.6 Å². The molecule has 0 radical (unpaired) electrons. The molecule has 0 bridgehead atoms. The van der Waals surface area contributed by atoms with Gasteiger partial charge in [-0.2, -0.15) is 5.10 Å². The quantitative estimate of drug-likeness (QED) is 0.0963. The summed E-state index contributed by atoms with van der Waals surface area (Å²) in [5.74, 6) is -0.884. The zero-order valence-corrected chi connectivity index (χ0v) is 22.2. The van der Waals surface area contributed by atoms with Gasteiger partial charge in [0.1, 0.15) is 5.75 Å². The number of benzene rings is 2. The van der Waals surface area contributed by atoms with E-state index in [1.54, 1.807) is 42.5 Å². The lowest BCUT2D eigenvalue weighted by molar-refractivity contribution is -0.126. The zero-order chi connectivity index (χ0) is 25.5. The highest BCUT2D eigenvalue weighted by atomic mass is 79.9. The number of ether oxygens (including phenoxy) is 1. The first-order chi connectivity index (χ1) is 16.9. The maximum absolute atomic E-state index is 12.4. The van der Waals surface area contributed by atoms with E-state index in [-0.39, 0.29) is 18.2 Å². The van der Waals surface area contributed by atoms with Crippen LogP contribution in [0.1, 0.15) is 74.2 Å². The Balaban J connectivity index is 1.78. The van der Waals surface area contributed by atoms with Crippen molar-refractivity contribution in [3.05, 3.63) is 63.1 Å². The van der Waals surface area contributed by atoms with Crippen LogP contribution in [0.15, 0.2) is 52.0 Å². The Morgan fingerprint density at radius 1 is 0.971 bits per heavy atom. The number of rotatable bonds is 14. The van der Waals surface area contributed by atoms with Gasteiger partial charge in [0.05, 0.1) is 18.3 Å². The molecule has 0 aliphatic heterocycles. The van der Waals surface area contributed by atoms with Crippen LogP contribution in [0.3, 0.4) is 0 Å². The SMILES string of the molecule is CCCCCCCCCC(=O)NCC(=O)N/N=C/c1cc(Br)ccc1OC(=O)c1ccc(Cl)cc1. The van der Waals surface area contributed by atoms with Gasteiger partial charge in [-0.3, -0.25) is 9.59 Å². The van der Waals surface area contributed by atoms with Crippen molar-refractivity contribution in [3.8, 4) is 5.75 Å². The van der Waals surface area contributed by atoms with Crippen molar-refractivity contribution in [1.29, 1.82) is 0 Å². The van der Waals surface area contributed by atoms with Gasteiger partial charge in [-0.15, -0.1) is 0 Å². The van der Waals surface area contributed by atoms with Crippen molar-refractivity contribution in [2.45, 2.75) is 58.3 Å². The molecule has 0 spiro atoms. The molecular formula is C26H31BrClN3O4. The molecule has 35 heavy (non-hydrogen) atoms. The molecule has 7 nitrogen and oxygen atoms in total. The standard InChI is InChI=1S/C26H31BrClN3O4/c1-2-3-4-5-6-7-8-9-24(32)29-18-25(33)31-30-17-20-16-21(27)12-15-23(20)35-26(34)19-10-13-22(28)14-11-19/h10-17H,2-9,18H2,1H3,(H,29,32)(H,31,33)/b30-17+. The third-order valence-electron chi connectivity index (χ3n) is 5.10. The minimum Gasteiger partial charge on any atom is -0.422 e. The van der Waals surface area contributed by atoms with Crippen LogP contribution in [0.25, 0.3) is 0 Å². The number of esters is 1. The highest BCUT2D eigenvalue weighted by Crippen LogP contribution is 2.23. The molecule has 0 aromatic heterocycles. The molecule has 0 aliphatic carbocycles. The number of hydrogen-bond acceptors (Lipinski definition) is 5. The second kappa shape index (κ2) is 16.1. The molecule has 2 rings (SSSR count). The molecule has 0 aliphatic rings. The van der Waals surface area contributed by atoms with Crippen LogP contribution in [0, 0.1) is 0 Å². The molecule has 2 aromatic rings. The number of carbonyl (C=O) groups excluding carboxylic acids is 3. The number of hydrazone groups is 1. The van der Waals surface area contributed by atoms with Crippen molar-refractivity contribution in [2.24, 2.45) is 5.10 Å². The van der Waals surface area contributed by atoms with Crippen LogP contribution in [0.5, 0.6) is 5.75 Å². The third-order valence-corrected chi connectivity index (χ3v) is 5.85. The van der Waals surface area contributed by atoms with Gasteiger partial charge in [0.2, 0.25) is 5.91 Å². The molecule has 0 fully saturated rings. The van der Waals surface area contributed by atoms with Gasteiger partial charge in [0.15, 0.2) is 0 Å². The first-order valence-corrected chi connectivity index (χ1v) is 12.9. The molecule has 2 aromatic carbocycles. The fourth-order valence-corrected chi connectivity index (χ4v) is 3.69. The molecule has 0 heterocycles. The Kier molecular flexibility index (Phi) is 13.1. The first kappa shape index (κ1) is 28.5. The number of unbranched alkanes of at least 4 members (excludes halogenated alkanes) is 6. The number of carbonyl (C=O) groups is 3. The smallest absolute Gasteiger partial charge is 0.343 e. The summed E-state index contributed by atoms with van der Waals surface area (Å²) in [4.78, 5) is 36.3. The fourth-order valence-electron chi connectivity index (χ4n) is 3.18. The summed E-state index contributed by atoms with van der Waals surface area (Å²) < 4.78 is 6.22. The summed E-state index contributed by atoms with van der Waals surface area (Å²) in [6, 6.07) is 11.4. The molecule has 0 saturated carbocycles. The molecular weight excluding hydrogens is 534 g/mol. The van der Waals surface area contributed by atoms with E-state index in [0.717, 1.165) is 23.7 Å². The Hall–Kier alpha value is -2.71. The van der Waals surface area contributed by atoms with Crippen LogP contribution < -0.4 is 15.5 Å². The van der Waals surface area contributed by atoms with Crippen molar-refractivity contribution in [3.63, 3.8) is 0 Å². The lowest BCUT2D eigenvalue weighted by Gasteiger charge is -2.08. The molecule has 0 saturated heterocycles. The summed E-state index contributed by atoms with van der Waals surface area (Å²) in [7, 11) is 0. The molecule has 0 atom stereocenters. The normalized spacial score (nSPS) is 10.8. The summed E-state index contributed by atoms with van der Waals surface area (Å²) in [5, 5.41) is 7.03. The van der Waals surface area contributed by atoms with E-state index in [9.17, 15) is 14.4 Å². The maximum Gasteiger partial charge on any atom is 0.343 e. The van der Waals surface area contributed by atoms with Crippen LogP contribution >= 0.6 is 27.5 Å². The zero-order valence-electron chi connectivity index (χ0n) is 19.8. The van der Waals surface area contributed by atoms with Crippen molar-refractivity contribution < 1.29 is 19.1 Å². The lowest BCUT2D eigenvalue weighted by atomic mass is 10.1. The Bertz CT molecular complexity index is 1010. The van der Waals surface area contributed by atoms with E-state index < -0.39 is 11.9 Å². The van der Waals surface area contributed by atoms with Gasteiger partial charge in [0.25, 0.3) is 5.91 Å². The van der Waals surface area contributed by atoms with Crippen molar-refractivity contribution in [1.82, 2.24) is 10.7 Å². The van der Waals surface area contributed by atoms with Gasteiger partial charge in [-0.1, -0.05) is 73.0 Å². The Morgan fingerprint density at radius 2 is 1.66 bits per heavy atom. The maximum atomic E-state index is 12.4. The molecule has 2 N–H and O–H groups in total. The number of nitrogens with zero attached hydrogens (tertiary/aromatic N) is 1. The lowest BCUT2D eigenvalue weighted by Crippen LogP contribution is -2.34. The summed E-state index contributed by atoms with van der Waals surface area (Å²) in [5.41, 5.74) is 3.19. The van der Waals surface area contributed by atoms with Crippen molar-refractivity contribution in [2.75, 3.05) is 6.54 Å². The molecule has 2 amide bonds. The van der Waals surface area contributed by atoms with Gasteiger partial charge in [0, 0.05) is 21.5 Å². The Labute approximate surface area is 219 Å². The van der Waals surface area contributed by atoms with Crippen LogP contribution in [0.2, 0.25) is 5.02 Å². The minimum absolute atomic E-state index is 0.152. The number of hydrogen-bond donors (Lipinski definition) is 2. The summed E-state index contributed by atoms with van der Waals surface area (Å²) in [6.45, 7) is 2.02. The number of halogens is 2.